The van der Waals surface area contributed by atoms with E-state index in [2.05, 4.69) is 26.7 Å². The number of hydrogen-bond donors (Lipinski definition) is 2. The molecule has 8 nitrogen and oxygen atoms in total. The Morgan fingerprint density at radius 3 is 2.52 bits per heavy atom. The summed E-state index contributed by atoms with van der Waals surface area (Å²) in [6, 6.07) is 11.0. The fourth-order valence-electron chi connectivity index (χ4n) is 2.79. The molecule has 11 heteroatoms. The predicted molar refractivity (Wildman–Crippen MR) is 117 cm³/mol. The molecule has 0 saturated carbocycles. The van der Waals surface area contributed by atoms with Gasteiger partial charge in [-0.25, -0.2) is 0 Å². The lowest BCUT2D eigenvalue weighted by atomic mass is 10.1. The number of carbonyl (C=O) groups is 4. The molecule has 0 unspecified atom stereocenters. The molecule has 1 saturated heterocycles. The Bertz CT molecular complexity index is 1030. The van der Waals surface area contributed by atoms with E-state index in [1.54, 1.807) is 30.3 Å². The van der Waals surface area contributed by atoms with Crippen LogP contribution in [0.2, 0.25) is 10.0 Å². The summed E-state index contributed by atoms with van der Waals surface area (Å²) < 4.78 is 5.76. The zero-order chi connectivity index (χ0) is 22.5. The molecule has 0 bridgehead atoms. The number of amides is 3. The van der Waals surface area contributed by atoms with Gasteiger partial charge in [0.05, 0.1) is 23.2 Å². The van der Waals surface area contributed by atoms with Crippen LogP contribution in [-0.2, 0) is 19.1 Å². The second-order valence-corrected chi connectivity index (χ2v) is 8.39. The lowest BCUT2D eigenvalue weighted by Crippen LogP contribution is -2.43. The van der Waals surface area contributed by atoms with Gasteiger partial charge in [0.15, 0.2) is 6.61 Å². The lowest BCUT2D eigenvalue weighted by Gasteiger charge is -2.17. The van der Waals surface area contributed by atoms with Crippen LogP contribution in [0.15, 0.2) is 46.9 Å². The van der Waals surface area contributed by atoms with E-state index in [4.69, 9.17) is 27.9 Å². The summed E-state index contributed by atoms with van der Waals surface area (Å²) in [5.74, 6) is -3.04. The Balaban J connectivity index is 1.48. The van der Waals surface area contributed by atoms with Crippen LogP contribution in [0.5, 0.6) is 0 Å². The SMILES string of the molecule is O=C(COC(=O)[C@@H]1CC(=O)N(NC(=O)c2ccc(Cl)cc2)C1)Nc1ccc(Br)cc1Cl. The molecule has 0 radical (unpaired) electrons. The molecular weight excluding hydrogens is 513 g/mol. The van der Waals surface area contributed by atoms with Crippen molar-refractivity contribution < 1.29 is 23.9 Å². The summed E-state index contributed by atoms with van der Waals surface area (Å²) in [5.41, 5.74) is 3.14. The molecule has 1 atom stereocenters. The molecule has 2 aromatic rings. The van der Waals surface area contributed by atoms with Gasteiger partial charge in [-0.2, -0.15) is 0 Å². The first-order valence-corrected chi connectivity index (χ1v) is 10.6. The number of nitrogens with one attached hydrogen (secondary N) is 2. The molecular formula is C20H16BrCl2N3O5. The highest BCUT2D eigenvalue weighted by Crippen LogP contribution is 2.25. The van der Waals surface area contributed by atoms with Gasteiger partial charge in [0, 0.05) is 21.5 Å². The smallest absolute Gasteiger partial charge is 0.311 e. The number of ether oxygens (including phenoxy) is 1. The Morgan fingerprint density at radius 1 is 1.13 bits per heavy atom. The molecule has 3 amide bonds. The summed E-state index contributed by atoms with van der Waals surface area (Å²) in [6.45, 7) is -0.593. The number of benzene rings is 2. The minimum atomic E-state index is -0.804. The van der Waals surface area contributed by atoms with Crippen molar-refractivity contribution in [1.82, 2.24) is 10.4 Å². The molecule has 1 fully saturated rings. The van der Waals surface area contributed by atoms with Crippen LogP contribution in [0.3, 0.4) is 0 Å². The molecule has 31 heavy (non-hydrogen) atoms. The van der Waals surface area contributed by atoms with Gasteiger partial charge in [0.1, 0.15) is 0 Å². The number of nitrogens with zero attached hydrogens (tertiary/aromatic N) is 1. The van der Waals surface area contributed by atoms with Crippen molar-refractivity contribution in [3.8, 4) is 0 Å². The van der Waals surface area contributed by atoms with Gasteiger partial charge < -0.3 is 10.1 Å². The summed E-state index contributed by atoms with van der Waals surface area (Å²) in [6.07, 6.45) is -0.139. The van der Waals surface area contributed by atoms with Crippen molar-refractivity contribution in [3.63, 3.8) is 0 Å². The highest BCUT2D eigenvalue weighted by atomic mass is 79.9. The monoisotopic (exact) mass is 527 g/mol. The third-order valence-electron chi connectivity index (χ3n) is 4.35. The summed E-state index contributed by atoms with van der Waals surface area (Å²) >= 11 is 15.1. The Labute approximate surface area is 195 Å². The summed E-state index contributed by atoms with van der Waals surface area (Å²) in [5, 5.41) is 4.39. The highest BCUT2D eigenvalue weighted by Gasteiger charge is 2.36. The van der Waals surface area contributed by atoms with Crippen molar-refractivity contribution in [2.24, 2.45) is 5.92 Å². The molecule has 1 aliphatic rings. The van der Waals surface area contributed by atoms with Gasteiger partial charge in [-0.1, -0.05) is 39.1 Å². The molecule has 2 aromatic carbocycles. The summed E-state index contributed by atoms with van der Waals surface area (Å²) in [4.78, 5) is 48.7. The third-order valence-corrected chi connectivity index (χ3v) is 5.41. The third kappa shape index (κ3) is 6.19. The average Bonchev–Trinajstić information content (AvgIpc) is 3.09. The fourth-order valence-corrected chi connectivity index (χ4v) is 3.64. The van der Waals surface area contributed by atoms with E-state index in [9.17, 15) is 19.2 Å². The number of carbonyl (C=O) groups excluding carboxylic acids is 4. The van der Waals surface area contributed by atoms with Gasteiger partial charge >= 0.3 is 5.97 Å². The number of hydrogen-bond acceptors (Lipinski definition) is 5. The molecule has 162 valence electrons. The Kier molecular flexibility index (Phi) is 7.53. The minimum Gasteiger partial charge on any atom is -0.455 e. The Morgan fingerprint density at radius 2 is 1.84 bits per heavy atom. The number of rotatable bonds is 6. The second-order valence-electron chi connectivity index (χ2n) is 6.63. The first-order valence-electron chi connectivity index (χ1n) is 9.01. The number of hydrazine groups is 1. The van der Waals surface area contributed by atoms with Crippen molar-refractivity contribution in [1.29, 1.82) is 0 Å². The molecule has 3 rings (SSSR count). The second kappa shape index (κ2) is 10.1. The van der Waals surface area contributed by atoms with Crippen LogP contribution in [0.4, 0.5) is 5.69 Å². The van der Waals surface area contributed by atoms with Crippen LogP contribution in [0, 0.1) is 5.92 Å². The number of anilines is 1. The molecule has 1 heterocycles. The van der Waals surface area contributed by atoms with Crippen LogP contribution in [0.25, 0.3) is 0 Å². The standard InChI is InChI=1S/C20H16BrCl2N3O5/c21-13-3-6-16(15(23)8-13)24-17(27)10-31-20(30)12-7-18(28)26(9-12)25-19(29)11-1-4-14(22)5-2-11/h1-6,8,12H,7,9-10H2,(H,24,27)(H,25,29)/t12-/m1/s1. The summed E-state index contributed by atoms with van der Waals surface area (Å²) in [7, 11) is 0. The maximum absolute atomic E-state index is 12.3. The van der Waals surface area contributed by atoms with Gasteiger partial charge in [0.25, 0.3) is 11.8 Å². The lowest BCUT2D eigenvalue weighted by molar-refractivity contribution is -0.151. The van der Waals surface area contributed by atoms with E-state index in [0.717, 1.165) is 9.48 Å². The topological polar surface area (TPSA) is 105 Å². The van der Waals surface area contributed by atoms with E-state index < -0.39 is 36.2 Å². The largest absolute Gasteiger partial charge is 0.455 e. The van der Waals surface area contributed by atoms with Gasteiger partial charge in [-0.05, 0) is 42.5 Å². The van der Waals surface area contributed by atoms with E-state index in [1.807, 2.05) is 0 Å². The normalized spacial score (nSPS) is 15.5. The first-order chi connectivity index (χ1) is 14.7. The minimum absolute atomic E-state index is 0.0584. The van der Waals surface area contributed by atoms with Gasteiger partial charge in [0.2, 0.25) is 5.91 Å². The fraction of sp³-hybridized carbons (Fsp3) is 0.200. The zero-order valence-electron chi connectivity index (χ0n) is 15.9. The van der Waals surface area contributed by atoms with E-state index >= 15 is 0 Å². The number of halogens is 3. The molecule has 1 aliphatic heterocycles. The van der Waals surface area contributed by atoms with E-state index in [1.165, 1.54) is 12.1 Å². The van der Waals surface area contributed by atoms with Gasteiger partial charge in [-0.15, -0.1) is 0 Å². The maximum atomic E-state index is 12.3. The predicted octanol–water partition coefficient (Wildman–Crippen LogP) is 3.43. The van der Waals surface area contributed by atoms with Gasteiger partial charge in [-0.3, -0.25) is 29.6 Å². The molecule has 2 N–H and O–H groups in total. The van der Waals surface area contributed by atoms with Crippen LogP contribution >= 0.6 is 39.1 Å². The highest BCUT2D eigenvalue weighted by molar-refractivity contribution is 9.10. The maximum Gasteiger partial charge on any atom is 0.311 e. The first kappa shape index (κ1) is 23.1. The van der Waals surface area contributed by atoms with E-state index in [-0.39, 0.29) is 13.0 Å². The van der Waals surface area contributed by atoms with Crippen LogP contribution in [-0.4, -0.2) is 41.9 Å². The van der Waals surface area contributed by atoms with Crippen LogP contribution in [0.1, 0.15) is 16.8 Å². The molecule has 0 aliphatic carbocycles. The van der Waals surface area contributed by atoms with Crippen molar-refractivity contribution in [2.45, 2.75) is 6.42 Å². The Hall–Kier alpha value is -2.62. The van der Waals surface area contributed by atoms with E-state index in [0.29, 0.717) is 21.3 Å². The molecule has 0 spiro atoms. The molecule has 0 aromatic heterocycles. The average molecular weight is 529 g/mol. The quantitative estimate of drug-likeness (QED) is 0.559. The number of esters is 1. The van der Waals surface area contributed by atoms with Crippen molar-refractivity contribution >= 4 is 68.5 Å². The zero-order valence-corrected chi connectivity index (χ0v) is 19.0. The van der Waals surface area contributed by atoms with Crippen molar-refractivity contribution in [3.05, 3.63) is 62.5 Å². The van der Waals surface area contributed by atoms with Crippen LogP contribution < -0.4 is 10.7 Å². The van der Waals surface area contributed by atoms with Crippen molar-refractivity contribution in [2.75, 3.05) is 18.5 Å².